The van der Waals surface area contributed by atoms with Crippen LogP contribution in [0.4, 0.5) is 4.79 Å². The zero-order valence-electron chi connectivity index (χ0n) is 13.3. The van der Waals surface area contributed by atoms with Crippen LogP contribution in [0.25, 0.3) is 0 Å². The number of carboxylic acid groups (broad SMARTS) is 1. The number of benzene rings is 1. The maximum absolute atomic E-state index is 12.1. The van der Waals surface area contributed by atoms with Crippen LogP contribution in [0.5, 0.6) is 0 Å². The van der Waals surface area contributed by atoms with Crippen molar-refractivity contribution in [3.63, 3.8) is 0 Å². The van der Waals surface area contributed by atoms with E-state index in [-0.39, 0.29) is 12.6 Å². The van der Waals surface area contributed by atoms with Crippen LogP contribution in [-0.2, 0) is 17.9 Å². The van der Waals surface area contributed by atoms with E-state index in [1.54, 1.807) is 11.1 Å². The first-order chi connectivity index (χ1) is 11.6. The highest BCUT2D eigenvalue weighted by molar-refractivity contribution is 5.77. The van der Waals surface area contributed by atoms with Crippen molar-refractivity contribution in [3.8, 4) is 0 Å². The number of urea groups is 1. The molecular weight excluding hydrogens is 308 g/mol. The fraction of sp³-hybridized carbons (Fsp3) is 0.353. The van der Waals surface area contributed by atoms with Gasteiger partial charge in [-0.1, -0.05) is 24.3 Å². The average Bonchev–Trinajstić information content (AvgIpc) is 3.25. The molecule has 1 aliphatic heterocycles. The zero-order chi connectivity index (χ0) is 16.9. The minimum Gasteiger partial charge on any atom is -0.481 e. The fourth-order valence-electron chi connectivity index (χ4n) is 2.78. The molecule has 7 nitrogen and oxygen atoms in total. The van der Waals surface area contributed by atoms with E-state index in [2.05, 4.69) is 10.4 Å². The number of carboxylic acids is 1. The van der Waals surface area contributed by atoms with Crippen molar-refractivity contribution in [2.45, 2.75) is 19.5 Å². The van der Waals surface area contributed by atoms with Crippen LogP contribution in [-0.4, -0.2) is 44.9 Å². The lowest BCUT2D eigenvalue weighted by atomic mass is 10.1. The molecule has 126 valence electrons. The molecule has 3 rings (SSSR count). The van der Waals surface area contributed by atoms with Gasteiger partial charge < -0.3 is 15.3 Å². The van der Waals surface area contributed by atoms with Gasteiger partial charge in [-0.3, -0.25) is 9.48 Å². The summed E-state index contributed by atoms with van der Waals surface area (Å²) in [6.07, 6.45) is 4.18. The number of aliphatic carboxylic acids is 1. The number of hydrogen-bond acceptors (Lipinski definition) is 3. The van der Waals surface area contributed by atoms with Crippen molar-refractivity contribution >= 4 is 12.0 Å². The lowest BCUT2D eigenvalue weighted by Crippen LogP contribution is -2.38. The highest BCUT2D eigenvalue weighted by Crippen LogP contribution is 2.16. The van der Waals surface area contributed by atoms with Gasteiger partial charge in [-0.25, -0.2) is 4.79 Å². The van der Waals surface area contributed by atoms with E-state index in [9.17, 15) is 9.59 Å². The number of nitrogens with zero attached hydrogens (tertiary/aromatic N) is 3. The van der Waals surface area contributed by atoms with Gasteiger partial charge in [0, 0.05) is 32.0 Å². The third kappa shape index (κ3) is 3.92. The molecule has 1 atom stereocenters. The summed E-state index contributed by atoms with van der Waals surface area (Å²) in [4.78, 5) is 24.6. The van der Waals surface area contributed by atoms with Crippen LogP contribution in [0.1, 0.15) is 17.5 Å². The van der Waals surface area contributed by atoms with Gasteiger partial charge in [-0.2, -0.15) is 5.10 Å². The van der Waals surface area contributed by atoms with Gasteiger partial charge in [0.25, 0.3) is 0 Å². The molecule has 0 aliphatic carbocycles. The van der Waals surface area contributed by atoms with Gasteiger partial charge in [0.1, 0.15) is 0 Å². The first-order valence-electron chi connectivity index (χ1n) is 7.92. The second-order valence-corrected chi connectivity index (χ2v) is 5.95. The highest BCUT2D eigenvalue weighted by Gasteiger charge is 2.30. The summed E-state index contributed by atoms with van der Waals surface area (Å²) in [5, 5.41) is 16.0. The predicted octanol–water partition coefficient (Wildman–Crippen LogP) is 1.55. The summed E-state index contributed by atoms with van der Waals surface area (Å²) in [5.74, 6) is -1.28. The molecule has 1 aliphatic rings. The van der Waals surface area contributed by atoms with Gasteiger partial charge in [-0.15, -0.1) is 0 Å². The monoisotopic (exact) mass is 328 g/mol. The predicted molar refractivity (Wildman–Crippen MR) is 87.3 cm³/mol. The number of nitrogens with one attached hydrogen (secondary N) is 1. The van der Waals surface area contributed by atoms with Crippen LogP contribution in [0.15, 0.2) is 42.7 Å². The largest absolute Gasteiger partial charge is 0.481 e. The number of carbonyl (C=O) groups is 2. The Morgan fingerprint density at radius 3 is 2.62 bits per heavy atom. The fourth-order valence-corrected chi connectivity index (χ4v) is 2.78. The number of amides is 2. The van der Waals surface area contributed by atoms with Crippen molar-refractivity contribution in [2.24, 2.45) is 5.92 Å². The smallest absolute Gasteiger partial charge is 0.317 e. The van der Waals surface area contributed by atoms with E-state index in [1.807, 2.05) is 41.2 Å². The Bertz CT molecular complexity index is 697. The lowest BCUT2D eigenvalue weighted by molar-refractivity contribution is -0.141. The third-order valence-electron chi connectivity index (χ3n) is 4.20. The van der Waals surface area contributed by atoms with Crippen LogP contribution in [0.2, 0.25) is 0 Å². The van der Waals surface area contributed by atoms with E-state index in [0.29, 0.717) is 26.1 Å². The van der Waals surface area contributed by atoms with Gasteiger partial charge in [0.2, 0.25) is 0 Å². The molecule has 1 aromatic heterocycles. The maximum atomic E-state index is 12.1. The quantitative estimate of drug-likeness (QED) is 0.872. The highest BCUT2D eigenvalue weighted by atomic mass is 16.4. The first-order valence-corrected chi connectivity index (χ1v) is 7.92. The topological polar surface area (TPSA) is 87.5 Å². The summed E-state index contributed by atoms with van der Waals surface area (Å²) in [6, 6.07) is 9.65. The SMILES string of the molecule is O=C(O)C1CCN(C(=O)NCc2ccc(Cn3cccn3)cc2)C1. The number of carbonyl (C=O) groups excluding carboxylic acids is 1. The summed E-state index contributed by atoms with van der Waals surface area (Å²) >= 11 is 0. The maximum Gasteiger partial charge on any atom is 0.317 e. The molecule has 7 heteroatoms. The lowest BCUT2D eigenvalue weighted by Gasteiger charge is -2.16. The van der Waals surface area contributed by atoms with Gasteiger partial charge >= 0.3 is 12.0 Å². The van der Waals surface area contributed by atoms with E-state index >= 15 is 0 Å². The molecule has 0 saturated carbocycles. The van der Waals surface area contributed by atoms with Crippen molar-refractivity contribution < 1.29 is 14.7 Å². The molecule has 0 spiro atoms. The van der Waals surface area contributed by atoms with Crippen molar-refractivity contribution in [3.05, 3.63) is 53.9 Å². The molecule has 0 bridgehead atoms. The van der Waals surface area contributed by atoms with Gasteiger partial charge in [-0.05, 0) is 23.6 Å². The molecule has 2 N–H and O–H groups in total. The normalized spacial score (nSPS) is 17.0. The van der Waals surface area contributed by atoms with Crippen molar-refractivity contribution in [1.29, 1.82) is 0 Å². The number of hydrogen-bond donors (Lipinski definition) is 2. The number of rotatable bonds is 5. The molecule has 1 unspecified atom stereocenters. The van der Waals surface area contributed by atoms with Crippen LogP contribution in [0, 0.1) is 5.92 Å². The first kappa shape index (κ1) is 16.0. The van der Waals surface area contributed by atoms with Crippen LogP contribution in [0.3, 0.4) is 0 Å². The van der Waals surface area contributed by atoms with E-state index in [1.165, 1.54) is 0 Å². The van der Waals surface area contributed by atoms with Gasteiger partial charge in [0.15, 0.2) is 0 Å². The van der Waals surface area contributed by atoms with Crippen molar-refractivity contribution in [1.82, 2.24) is 20.0 Å². The molecule has 2 aromatic rings. The van der Waals surface area contributed by atoms with Crippen LogP contribution >= 0.6 is 0 Å². The second kappa shape index (κ2) is 7.16. The number of likely N-dealkylation sites (tertiary alicyclic amines) is 1. The molecule has 1 saturated heterocycles. The molecule has 1 fully saturated rings. The van der Waals surface area contributed by atoms with E-state index in [0.717, 1.165) is 11.1 Å². The second-order valence-electron chi connectivity index (χ2n) is 5.95. The molecule has 1 aromatic carbocycles. The van der Waals surface area contributed by atoms with E-state index < -0.39 is 11.9 Å². The summed E-state index contributed by atoms with van der Waals surface area (Å²) in [6.45, 7) is 1.91. The molecule has 2 heterocycles. The van der Waals surface area contributed by atoms with Crippen LogP contribution < -0.4 is 5.32 Å². The summed E-state index contributed by atoms with van der Waals surface area (Å²) in [7, 11) is 0. The zero-order valence-corrected chi connectivity index (χ0v) is 13.3. The Hall–Kier alpha value is -2.83. The van der Waals surface area contributed by atoms with Gasteiger partial charge in [0.05, 0.1) is 12.5 Å². The minimum atomic E-state index is -0.835. The standard InChI is InChI=1S/C17H20N4O3/c22-16(23)15-6-9-20(12-15)17(24)18-10-13-2-4-14(5-3-13)11-21-8-1-7-19-21/h1-5,7-8,15H,6,9-12H2,(H,18,24)(H,22,23). The molecule has 2 amide bonds. The van der Waals surface area contributed by atoms with Crippen molar-refractivity contribution in [2.75, 3.05) is 13.1 Å². The Balaban J connectivity index is 1.48. The average molecular weight is 328 g/mol. The molecule has 24 heavy (non-hydrogen) atoms. The number of aromatic nitrogens is 2. The minimum absolute atomic E-state index is 0.209. The Morgan fingerprint density at radius 2 is 2.00 bits per heavy atom. The third-order valence-corrected chi connectivity index (χ3v) is 4.20. The summed E-state index contributed by atoms with van der Waals surface area (Å²) in [5.41, 5.74) is 2.14. The Labute approximate surface area is 139 Å². The molecular formula is C17H20N4O3. The summed E-state index contributed by atoms with van der Waals surface area (Å²) < 4.78 is 1.85. The Kier molecular flexibility index (Phi) is 4.79. The Morgan fingerprint density at radius 1 is 1.25 bits per heavy atom. The molecule has 0 radical (unpaired) electrons. The van der Waals surface area contributed by atoms with E-state index in [4.69, 9.17) is 5.11 Å².